The lowest BCUT2D eigenvalue weighted by Crippen LogP contribution is -2.37. The Balaban J connectivity index is 1.60. The van der Waals surface area contributed by atoms with Crippen LogP contribution in [0, 0.1) is 0 Å². The predicted octanol–water partition coefficient (Wildman–Crippen LogP) is 2.06. The molecule has 1 saturated carbocycles. The van der Waals surface area contributed by atoms with Gasteiger partial charge >= 0.3 is 0 Å². The second kappa shape index (κ2) is 8.63. The molecule has 1 amide bonds. The highest BCUT2D eigenvalue weighted by Crippen LogP contribution is 2.18. The van der Waals surface area contributed by atoms with Gasteiger partial charge < -0.3 is 16.0 Å². The summed E-state index contributed by atoms with van der Waals surface area (Å²) in [5.41, 5.74) is 1.14. The molecule has 1 aromatic rings. The molecule has 120 valence electrons. The molecule has 3 N–H and O–H groups in total. The Morgan fingerprint density at radius 1 is 1.27 bits per heavy atom. The molecule has 0 aromatic heterocycles. The van der Waals surface area contributed by atoms with Crippen LogP contribution in [0.4, 0.5) is 0 Å². The molecular formula is C16H23ClN4O. The van der Waals surface area contributed by atoms with E-state index in [0.717, 1.165) is 42.4 Å². The third-order valence-electron chi connectivity index (χ3n) is 3.41. The highest BCUT2D eigenvalue weighted by Gasteiger charge is 2.22. The molecule has 0 bridgehead atoms. The molecule has 22 heavy (non-hydrogen) atoms. The zero-order chi connectivity index (χ0) is 15.8. The average Bonchev–Trinajstić information content (AvgIpc) is 3.32. The molecule has 0 unspecified atom stereocenters. The Kier molecular flexibility index (Phi) is 6.52. The Bertz CT molecular complexity index is 511. The Hall–Kier alpha value is -1.75. The lowest BCUT2D eigenvalue weighted by molar-refractivity contribution is -0.121. The summed E-state index contributed by atoms with van der Waals surface area (Å²) in [6.07, 6.45) is 3.61. The summed E-state index contributed by atoms with van der Waals surface area (Å²) >= 11 is 5.86. The minimum Gasteiger partial charge on any atom is -0.356 e. The monoisotopic (exact) mass is 322 g/mol. The summed E-state index contributed by atoms with van der Waals surface area (Å²) in [4.78, 5) is 15.7. The van der Waals surface area contributed by atoms with Crippen molar-refractivity contribution in [3.05, 3.63) is 34.9 Å². The Morgan fingerprint density at radius 3 is 2.64 bits per heavy atom. The van der Waals surface area contributed by atoms with Crippen LogP contribution >= 0.6 is 11.6 Å². The van der Waals surface area contributed by atoms with Gasteiger partial charge in [0.05, 0.1) is 0 Å². The van der Waals surface area contributed by atoms with Crippen LogP contribution in [0.25, 0.3) is 0 Å². The van der Waals surface area contributed by atoms with Gasteiger partial charge in [0, 0.05) is 37.6 Å². The van der Waals surface area contributed by atoms with Gasteiger partial charge in [0.15, 0.2) is 5.96 Å². The molecule has 0 radical (unpaired) electrons. The van der Waals surface area contributed by atoms with Crippen LogP contribution < -0.4 is 16.0 Å². The number of aliphatic imine (C=N–C) groups is 1. The standard InChI is InChI=1S/C16H23ClN4O/c1-18-16(20-11-12-4-6-13(17)7-5-12)19-10-2-3-15(22)21-14-8-9-14/h4-7,14H,2-3,8-11H2,1H3,(H,21,22)(H2,18,19,20). The van der Waals surface area contributed by atoms with E-state index in [-0.39, 0.29) is 5.91 Å². The molecule has 5 nitrogen and oxygen atoms in total. The van der Waals surface area contributed by atoms with Crippen LogP contribution in [0.3, 0.4) is 0 Å². The SMILES string of the molecule is CN=C(NCCCC(=O)NC1CC1)NCc1ccc(Cl)cc1. The second-order valence-corrected chi connectivity index (χ2v) is 5.86. The van der Waals surface area contributed by atoms with Crippen molar-refractivity contribution in [2.75, 3.05) is 13.6 Å². The Labute approximate surface area is 136 Å². The molecule has 1 aliphatic carbocycles. The van der Waals surface area contributed by atoms with E-state index < -0.39 is 0 Å². The van der Waals surface area contributed by atoms with Crippen LogP contribution in [0.2, 0.25) is 5.02 Å². The smallest absolute Gasteiger partial charge is 0.220 e. The van der Waals surface area contributed by atoms with E-state index in [9.17, 15) is 4.79 Å². The van der Waals surface area contributed by atoms with Crippen LogP contribution in [0.1, 0.15) is 31.2 Å². The molecule has 0 heterocycles. The van der Waals surface area contributed by atoms with Gasteiger partial charge in [-0.2, -0.15) is 0 Å². The van der Waals surface area contributed by atoms with Gasteiger partial charge in [-0.1, -0.05) is 23.7 Å². The fourth-order valence-corrected chi connectivity index (χ4v) is 2.12. The van der Waals surface area contributed by atoms with Crippen molar-refractivity contribution in [1.29, 1.82) is 0 Å². The first-order chi connectivity index (χ1) is 10.7. The van der Waals surface area contributed by atoms with E-state index in [4.69, 9.17) is 11.6 Å². The van der Waals surface area contributed by atoms with Gasteiger partial charge in [-0.05, 0) is 37.0 Å². The van der Waals surface area contributed by atoms with Crippen molar-refractivity contribution in [3.63, 3.8) is 0 Å². The molecule has 2 rings (SSSR count). The normalized spacial score (nSPS) is 14.5. The number of rotatable bonds is 7. The summed E-state index contributed by atoms with van der Waals surface area (Å²) < 4.78 is 0. The van der Waals surface area contributed by atoms with E-state index >= 15 is 0 Å². The highest BCUT2D eigenvalue weighted by molar-refractivity contribution is 6.30. The number of halogens is 1. The molecule has 1 fully saturated rings. The van der Waals surface area contributed by atoms with E-state index in [0.29, 0.717) is 19.0 Å². The number of benzene rings is 1. The fraction of sp³-hybridized carbons (Fsp3) is 0.500. The Morgan fingerprint density at radius 2 is 2.00 bits per heavy atom. The first-order valence-corrected chi connectivity index (χ1v) is 8.03. The quantitative estimate of drug-likeness (QED) is 0.409. The zero-order valence-electron chi connectivity index (χ0n) is 12.9. The van der Waals surface area contributed by atoms with Crippen molar-refractivity contribution in [2.24, 2.45) is 4.99 Å². The number of carbonyl (C=O) groups is 1. The van der Waals surface area contributed by atoms with E-state index in [2.05, 4.69) is 20.9 Å². The van der Waals surface area contributed by atoms with Crippen LogP contribution in [-0.2, 0) is 11.3 Å². The lowest BCUT2D eigenvalue weighted by atomic mass is 10.2. The maximum Gasteiger partial charge on any atom is 0.220 e. The summed E-state index contributed by atoms with van der Waals surface area (Å²) in [5, 5.41) is 10.2. The fourth-order valence-electron chi connectivity index (χ4n) is 1.99. The molecule has 0 saturated heterocycles. The molecule has 1 aliphatic rings. The predicted molar refractivity (Wildman–Crippen MR) is 90.1 cm³/mol. The maximum atomic E-state index is 11.6. The van der Waals surface area contributed by atoms with E-state index in [1.165, 1.54) is 0 Å². The summed E-state index contributed by atoms with van der Waals surface area (Å²) in [7, 11) is 1.73. The van der Waals surface area contributed by atoms with Crippen molar-refractivity contribution in [2.45, 2.75) is 38.3 Å². The summed E-state index contributed by atoms with van der Waals surface area (Å²) in [6.45, 7) is 1.40. The second-order valence-electron chi connectivity index (χ2n) is 5.42. The van der Waals surface area contributed by atoms with Gasteiger partial charge in [0.2, 0.25) is 5.91 Å². The van der Waals surface area contributed by atoms with Gasteiger partial charge in [-0.3, -0.25) is 9.79 Å². The third-order valence-corrected chi connectivity index (χ3v) is 3.66. The van der Waals surface area contributed by atoms with Crippen molar-refractivity contribution in [1.82, 2.24) is 16.0 Å². The first kappa shape index (κ1) is 16.6. The largest absolute Gasteiger partial charge is 0.356 e. The van der Waals surface area contributed by atoms with Gasteiger partial charge in [-0.25, -0.2) is 0 Å². The maximum absolute atomic E-state index is 11.6. The van der Waals surface area contributed by atoms with Crippen LogP contribution in [-0.4, -0.2) is 31.5 Å². The van der Waals surface area contributed by atoms with E-state index in [1.54, 1.807) is 7.05 Å². The number of hydrogen-bond acceptors (Lipinski definition) is 2. The minimum atomic E-state index is 0.147. The molecule has 1 aromatic carbocycles. The molecule has 0 aliphatic heterocycles. The highest BCUT2D eigenvalue weighted by atomic mass is 35.5. The number of nitrogens with zero attached hydrogens (tertiary/aromatic N) is 1. The molecule has 0 atom stereocenters. The number of amides is 1. The molecule has 0 spiro atoms. The number of hydrogen-bond donors (Lipinski definition) is 3. The van der Waals surface area contributed by atoms with Gasteiger partial charge in [0.25, 0.3) is 0 Å². The zero-order valence-corrected chi connectivity index (χ0v) is 13.6. The van der Waals surface area contributed by atoms with Crippen molar-refractivity contribution >= 4 is 23.5 Å². The third kappa shape index (κ3) is 6.35. The topological polar surface area (TPSA) is 65.5 Å². The summed E-state index contributed by atoms with van der Waals surface area (Å²) in [6, 6.07) is 8.13. The number of nitrogens with one attached hydrogen (secondary N) is 3. The lowest BCUT2D eigenvalue weighted by Gasteiger charge is -2.12. The van der Waals surface area contributed by atoms with Crippen molar-refractivity contribution in [3.8, 4) is 0 Å². The minimum absolute atomic E-state index is 0.147. The number of carbonyl (C=O) groups excluding carboxylic acids is 1. The first-order valence-electron chi connectivity index (χ1n) is 7.65. The summed E-state index contributed by atoms with van der Waals surface area (Å²) in [5.74, 6) is 0.881. The van der Waals surface area contributed by atoms with Crippen molar-refractivity contribution < 1.29 is 4.79 Å². The van der Waals surface area contributed by atoms with Crippen LogP contribution in [0.15, 0.2) is 29.3 Å². The van der Waals surface area contributed by atoms with Crippen LogP contribution in [0.5, 0.6) is 0 Å². The average molecular weight is 323 g/mol. The molecular weight excluding hydrogens is 300 g/mol. The van der Waals surface area contributed by atoms with Gasteiger partial charge in [-0.15, -0.1) is 0 Å². The number of guanidine groups is 1. The van der Waals surface area contributed by atoms with E-state index in [1.807, 2.05) is 24.3 Å². The molecule has 6 heteroatoms. The van der Waals surface area contributed by atoms with Gasteiger partial charge in [0.1, 0.15) is 0 Å².